The van der Waals surface area contributed by atoms with Crippen molar-refractivity contribution >= 4 is 62.4 Å². The second-order valence-corrected chi connectivity index (χ2v) is 10.6. The summed E-state index contributed by atoms with van der Waals surface area (Å²) in [7, 11) is -4.09. The van der Waals surface area contributed by atoms with Crippen LogP contribution in [-0.2, 0) is 15.5 Å². The molecule has 1 saturated heterocycles. The van der Waals surface area contributed by atoms with Gasteiger partial charge in [0.15, 0.2) is 0 Å². The molecule has 1 aliphatic heterocycles. The van der Waals surface area contributed by atoms with Crippen LogP contribution in [0.2, 0.25) is 20.1 Å². The maximum absolute atomic E-state index is 13.1. The molecule has 0 spiro atoms. The van der Waals surface area contributed by atoms with E-state index in [2.05, 4.69) is 0 Å². The molecule has 162 valence electrons. The van der Waals surface area contributed by atoms with Crippen molar-refractivity contribution in [2.24, 2.45) is 0 Å². The molecule has 0 aliphatic carbocycles. The number of benzene rings is 2. The highest BCUT2D eigenvalue weighted by Gasteiger charge is 2.42. The second-order valence-electron chi connectivity index (χ2n) is 7.37. The second kappa shape index (κ2) is 9.23. The summed E-state index contributed by atoms with van der Waals surface area (Å²) in [6.07, 6.45) is 1.25. The van der Waals surface area contributed by atoms with Gasteiger partial charge in [-0.1, -0.05) is 58.5 Å². The van der Waals surface area contributed by atoms with Gasteiger partial charge >= 0.3 is 0 Å². The van der Waals surface area contributed by atoms with E-state index in [-0.39, 0.29) is 33.7 Å². The fourth-order valence-electron chi connectivity index (χ4n) is 3.91. The smallest absolute Gasteiger partial charge is 0.264 e. The van der Waals surface area contributed by atoms with E-state index in [1.54, 1.807) is 35.2 Å². The molecule has 1 atom stereocenters. The molecule has 1 unspecified atom stereocenters. The summed E-state index contributed by atoms with van der Waals surface area (Å²) in [5.41, 5.74) is 0.555. The predicted molar refractivity (Wildman–Crippen MR) is 121 cm³/mol. The molecule has 30 heavy (non-hydrogen) atoms. The summed E-state index contributed by atoms with van der Waals surface area (Å²) in [6, 6.07) is 10.1. The van der Waals surface area contributed by atoms with Crippen LogP contribution >= 0.6 is 46.4 Å². The molecule has 0 bridgehead atoms. The highest BCUT2D eigenvalue weighted by molar-refractivity contribution is 7.85. The fraction of sp³-hybridized carbons (Fsp3) is 0.350. The third-order valence-electron chi connectivity index (χ3n) is 5.41. The van der Waals surface area contributed by atoms with Gasteiger partial charge in [0.2, 0.25) is 0 Å². The van der Waals surface area contributed by atoms with E-state index < -0.39 is 15.5 Å². The van der Waals surface area contributed by atoms with Gasteiger partial charge in [-0.25, -0.2) is 0 Å². The Labute approximate surface area is 195 Å². The molecule has 2 aromatic rings. The summed E-state index contributed by atoms with van der Waals surface area (Å²) in [5, 5.41) is 1.32. The van der Waals surface area contributed by atoms with Crippen LogP contribution in [0, 0.1) is 0 Å². The van der Waals surface area contributed by atoms with Crippen molar-refractivity contribution in [1.29, 1.82) is 0 Å². The quantitative estimate of drug-likeness (QED) is 0.502. The van der Waals surface area contributed by atoms with Gasteiger partial charge in [-0.3, -0.25) is 9.35 Å². The lowest BCUT2D eigenvalue weighted by Gasteiger charge is -2.30. The Balaban J connectivity index is 1.92. The lowest BCUT2D eigenvalue weighted by Crippen LogP contribution is -2.35. The number of rotatable bonds is 6. The Morgan fingerprint density at radius 2 is 1.70 bits per heavy atom. The van der Waals surface area contributed by atoms with Crippen LogP contribution in [0.25, 0.3) is 0 Å². The number of amides is 1. The Morgan fingerprint density at radius 1 is 1.03 bits per heavy atom. The predicted octanol–water partition coefficient (Wildman–Crippen LogP) is 5.75. The summed E-state index contributed by atoms with van der Waals surface area (Å²) in [4.78, 5) is 14.8. The summed E-state index contributed by atoms with van der Waals surface area (Å²) in [6.45, 7) is 0.767. The molecule has 0 radical (unpaired) electrons. The zero-order valence-electron chi connectivity index (χ0n) is 15.7. The molecule has 0 aromatic heterocycles. The van der Waals surface area contributed by atoms with Gasteiger partial charge in [-0.2, -0.15) is 8.42 Å². The molecule has 1 aliphatic rings. The Hall–Kier alpha value is -1.02. The molecule has 0 saturated carbocycles. The van der Waals surface area contributed by atoms with Crippen molar-refractivity contribution in [2.45, 2.75) is 24.7 Å². The van der Waals surface area contributed by atoms with Crippen molar-refractivity contribution in [2.75, 3.05) is 18.8 Å². The van der Waals surface area contributed by atoms with E-state index in [4.69, 9.17) is 51.0 Å². The molecule has 1 fully saturated rings. The number of carbonyl (C=O) groups is 1. The zero-order chi connectivity index (χ0) is 22.1. The van der Waals surface area contributed by atoms with Gasteiger partial charge in [-0.05, 0) is 49.1 Å². The van der Waals surface area contributed by atoms with Gasteiger partial charge in [0.25, 0.3) is 16.0 Å². The first kappa shape index (κ1) is 23.6. The monoisotopic (exact) mass is 509 g/mol. The van der Waals surface area contributed by atoms with Crippen LogP contribution < -0.4 is 0 Å². The largest absolute Gasteiger partial charge is 0.338 e. The first-order chi connectivity index (χ1) is 14.0. The first-order valence-corrected chi connectivity index (χ1v) is 12.3. The first-order valence-electron chi connectivity index (χ1n) is 9.16. The third-order valence-corrected chi connectivity index (χ3v) is 7.58. The highest BCUT2D eigenvalue weighted by Crippen LogP contribution is 2.42. The molecule has 10 heteroatoms. The van der Waals surface area contributed by atoms with Gasteiger partial charge in [0.1, 0.15) is 0 Å². The lowest BCUT2D eigenvalue weighted by molar-refractivity contribution is 0.0782. The minimum absolute atomic E-state index is 0.230. The maximum Gasteiger partial charge on any atom is 0.264 e. The molecule has 3 rings (SSSR count). The number of carbonyl (C=O) groups excluding carboxylic acids is 1. The Bertz CT molecular complexity index is 1060. The highest BCUT2D eigenvalue weighted by atomic mass is 35.5. The minimum atomic E-state index is -4.09. The molecule has 2 aromatic carbocycles. The Kier molecular flexibility index (Phi) is 7.27. The van der Waals surface area contributed by atoms with E-state index >= 15 is 0 Å². The van der Waals surface area contributed by atoms with Crippen molar-refractivity contribution in [3.8, 4) is 0 Å². The SMILES string of the molecule is O=C(c1c(Cl)cccc1Cl)N1CCC(CCCS(=O)(=O)O)(c2ccc(Cl)c(Cl)c2)C1. The van der Waals surface area contributed by atoms with E-state index in [0.29, 0.717) is 36.0 Å². The van der Waals surface area contributed by atoms with Crippen molar-refractivity contribution in [3.05, 3.63) is 67.6 Å². The van der Waals surface area contributed by atoms with Crippen molar-refractivity contribution < 1.29 is 17.8 Å². The third kappa shape index (κ3) is 5.23. The van der Waals surface area contributed by atoms with Crippen molar-refractivity contribution in [3.63, 3.8) is 0 Å². The van der Waals surface area contributed by atoms with E-state index in [1.807, 2.05) is 6.07 Å². The molecule has 5 nitrogen and oxygen atoms in total. The van der Waals surface area contributed by atoms with E-state index in [0.717, 1.165) is 5.56 Å². The molecule has 1 heterocycles. The van der Waals surface area contributed by atoms with E-state index in [1.165, 1.54) is 0 Å². The van der Waals surface area contributed by atoms with Crippen LogP contribution in [-0.4, -0.2) is 42.6 Å². The zero-order valence-corrected chi connectivity index (χ0v) is 19.6. The van der Waals surface area contributed by atoms with Crippen LogP contribution in [0.1, 0.15) is 35.2 Å². The molecule has 1 N–H and O–H groups in total. The lowest BCUT2D eigenvalue weighted by atomic mass is 9.76. The number of nitrogens with zero attached hydrogens (tertiary/aromatic N) is 1. The van der Waals surface area contributed by atoms with Gasteiger partial charge in [0.05, 0.1) is 31.4 Å². The van der Waals surface area contributed by atoms with Crippen LogP contribution in [0.3, 0.4) is 0 Å². The number of likely N-dealkylation sites (tertiary alicyclic amines) is 1. The Morgan fingerprint density at radius 3 is 2.30 bits per heavy atom. The van der Waals surface area contributed by atoms with Crippen LogP contribution in [0.15, 0.2) is 36.4 Å². The molecular formula is C20H19Cl4NO4S. The van der Waals surface area contributed by atoms with Crippen molar-refractivity contribution in [1.82, 2.24) is 4.90 Å². The fourth-order valence-corrected chi connectivity index (χ4v) is 5.28. The van der Waals surface area contributed by atoms with E-state index in [9.17, 15) is 13.2 Å². The summed E-state index contributed by atoms with van der Waals surface area (Å²) >= 11 is 24.7. The van der Waals surface area contributed by atoms with Crippen LogP contribution in [0.5, 0.6) is 0 Å². The topological polar surface area (TPSA) is 74.7 Å². The van der Waals surface area contributed by atoms with Crippen LogP contribution in [0.4, 0.5) is 0 Å². The molecular weight excluding hydrogens is 492 g/mol. The van der Waals surface area contributed by atoms with Gasteiger partial charge in [-0.15, -0.1) is 0 Å². The average molecular weight is 511 g/mol. The van der Waals surface area contributed by atoms with Gasteiger partial charge in [0, 0.05) is 18.5 Å². The van der Waals surface area contributed by atoms with Gasteiger partial charge < -0.3 is 4.90 Å². The number of hydrogen-bond acceptors (Lipinski definition) is 3. The number of halogens is 4. The summed E-state index contributed by atoms with van der Waals surface area (Å²) in [5.74, 6) is -0.650. The minimum Gasteiger partial charge on any atom is -0.338 e. The molecule has 1 amide bonds. The summed E-state index contributed by atoms with van der Waals surface area (Å²) < 4.78 is 31.5. The standard InChI is InChI=1S/C20H19Cl4NO4S/c21-14-6-5-13(11-17(14)24)20(7-2-10-30(27,28)29)8-9-25(12-20)19(26)18-15(22)3-1-4-16(18)23/h1,3-6,11H,2,7-10,12H2,(H,27,28,29). The maximum atomic E-state index is 13.1. The average Bonchev–Trinajstić information content (AvgIpc) is 3.08. The number of hydrogen-bond donors (Lipinski definition) is 1. The normalized spacial score (nSPS) is 19.3.